The fourth-order valence-electron chi connectivity index (χ4n) is 1.22. The molecule has 1 N–H and O–H groups in total. The van der Waals surface area contributed by atoms with E-state index in [1.807, 2.05) is 0 Å². The van der Waals surface area contributed by atoms with Gasteiger partial charge in [0, 0.05) is 0 Å². The average Bonchev–Trinajstić information content (AvgIpc) is 2.65. The Bertz CT molecular complexity index is 714. The van der Waals surface area contributed by atoms with Crippen LogP contribution in [0.25, 0.3) is 0 Å². The fraction of sp³-hybridized carbons (Fsp3) is 0. The van der Waals surface area contributed by atoms with Crippen LogP contribution in [0.3, 0.4) is 0 Å². The summed E-state index contributed by atoms with van der Waals surface area (Å²) in [5, 5.41) is 0.312. The number of sulfonamides is 1. The van der Waals surface area contributed by atoms with Gasteiger partial charge in [-0.1, -0.05) is 11.6 Å². The molecule has 0 saturated heterocycles. The molecule has 102 valence electrons. The molecule has 0 unspecified atom stereocenters. The van der Waals surface area contributed by atoms with Gasteiger partial charge in [0.05, 0.1) is 19.0 Å². The highest BCUT2D eigenvalue weighted by Crippen LogP contribution is 2.35. The molecule has 2 aromatic rings. The van der Waals surface area contributed by atoms with Crippen molar-refractivity contribution in [3.63, 3.8) is 0 Å². The molecule has 0 radical (unpaired) electrons. The summed E-state index contributed by atoms with van der Waals surface area (Å²) in [5.74, 6) is -0.550. The minimum Gasteiger partial charge on any atom is -0.279 e. The van der Waals surface area contributed by atoms with E-state index < -0.39 is 15.8 Å². The lowest BCUT2D eigenvalue weighted by atomic mass is 10.3. The first kappa shape index (κ1) is 15.2. The van der Waals surface area contributed by atoms with E-state index in [4.69, 9.17) is 11.6 Å². The van der Waals surface area contributed by atoms with E-state index in [9.17, 15) is 12.8 Å². The molecule has 0 fully saturated rings. The minimum atomic E-state index is -3.77. The van der Waals surface area contributed by atoms with E-state index in [0.29, 0.717) is 8.81 Å². The Balaban J connectivity index is 2.33. The van der Waals surface area contributed by atoms with Crippen LogP contribution in [0.2, 0.25) is 5.02 Å². The number of rotatable bonds is 3. The highest BCUT2D eigenvalue weighted by Gasteiger charge is 2.19. The highest BCUT2D eigenvalue weighted by molar-refractivity contribution is 9.11. The van der Waals surface area contributed by atoms with Crippen molar-refractivity contribution in [1.29, 1.82) is 0 Å². The molecule has 0 aliphatic heterocycles. The zero-order valence-corrected chi connectivity index (χ0v) is 14.5. The van der Waals surface area contributed by atoms with Crippen LogP contribution in [-0.2, 0) is 10.0 Å². The third-order valence-corrected chi connectivity index (χ3v) is 7.03. The Morgan fingerprint density at radius 2 is 1.95 bits per heavy atom. The lowest BCUT2D eigenvalue weighted by Crippen LogP contribution is -2.11. The molecule has 0 saturated carbocycles. The van der Waals surface area contributed by atoms with E-state index in [1.165, 1.54) is 18.2 Å². The third kappa shape index (κ3) is 3.49. The highest BCUT2D eigenvalue weighted by atomic mass is 79.9. The minimum absolute atomic E-state index is 0.0488. The van der Waals surface area contributed by atoms with Crippen molar-refractivity contribution in [3.8, 4) is 0 Å². The van der Waals surface area contributed by atoms with Crippen molar-refractivity contribution < 1.29 is 12.8 Å². The number of benzene rings is 1. The zero-order chi connectivity index (χ0) is 14.2. The second kappa shape index (κ2) is 5.69. The Labute approximate surface area is 135 Å². The Morgan fingerprint density at radius 3 is 2.47 bits per heavy atom. The molecule has 19 heavy (non-hydrogen) atoms. The second-order valence-corrected chi connectivity index (χ2v) is 8.96. The summed E-state index contributed by atoms with van der Waals surface area (Å²) in [6.07, 6.45) is 0. The number of hydrogen-bond acceptors (Lipinski definition) is 3. The van der Waals surface area contributed by atoms with Gasteiger partial charge in [-0.3, -0.25) is 4.72 Å². The first-order chi connectivity index (χ1) is 8.79. The second-order valence-electron chi connectivity index (χ2n) is 3.42. The van der Waals surface area contributed by atoms with Gasteiger partial charge in [-0.15, -0.1) is 11.3 Å². The summed E-state index contributed by atoms with van der Waals surface area (Å²) in [6, 6.07) is 5.29. The van der Waals surface area contributed by atoms with E-state index in [-0.39, 0.29) is 14.4 Å². The molecule has 0 aliphatic carbocycles. The molecule has 1 aromatic carbocycles. The smallest absolute Gasteiger partial charge is 0.271 e. The van der Waals surface area contributed by atoms with Gasteiger partial charge in [0.15, 0.2) is 0 Å². The first-order valence-corrected chi connectivity index (χ1v) is 8.98. The van der Waals surface area contributed by atoms with Gasteiger partial charge < -0.3 is 0 Å². The van der Waals surface area contributed by atoms with Crippen molar-refractivity contribution in [3.05, 3.63) is 43.4 Å². The molecule has 0 spiro atoms. The first-order valence-electron chi connectivity index (χ1n) is 4.72. The maximum atomic E-state index is 13.3. The summed E-state index contributed by atoms with van der Waals surface area (Å²) >= 11 is 12.9. The Morgan fingerprint density at radius 1 is 1.26 bits per heavy atom. The van der Waals surface area contributed by atoms with Crippen molar-refractivity contribution in [2.45, 2.75) is 4.21 Å². The predicted octanol–water partition coefficient (Wildman–Crippen LogP) is 4.87. The van der Waals surface area contributed by atoms with E-state index in [1.54, 1.807) is 0 Å². The molecule has 0 amide bonds. The number of hydrogen-bond donors (Lipinski definition) is 1. The van der Waals surface area contributed by atoms with Crippen molar-refractivity contribution in [2.75, 3.05) is 4.72 Å². The van der Waals surface area contributed by atoms with Gasteiger partial charge in [-0.05, 0) is 56.1 Å². The molecule has 0 aliphatic rings. The van der Waals surface area contributed by atoms with Crippen LogP contribution in [0.15, 0.2) is 36.7 Å². The van der Waals surface area contributed by atoms with Crippen LogP contribution in [0.1, 0.15) is 0 Å². The summed E-state index contributed by atoms with van der Waals surface area (Å²) < 4.78 is 40.5. The molecule has 2 rings (SSSR count). The lowest BCUT2D eigenvalue weighted by molar-refractivity contribution is 0.603. The Kier molecular flexibility index (Phi) is 4.56. The molecule has 3 nitrogen and oxygen atoms in total. The standard InChI is InChI=1S/C10H5Br2ClFNO2S2/c11-6-2-1-5(3-8(6)14)15-19(16,17)9-4-7(13)10(12)18-9/h1-4,15H. The predicted molar refractivity (Wildman–Crippen MR) is 81.9 cm³/mol. The van der Waals surface area contributed by atoms with Gasteiger partial charge in [-0.25, -0.2) is 12.8 Å². The van der Waals surface area contributed by atoms with Crippen molar-refractivity contribution in [1.82, 2.24) is 0 Å². The topological polar surface area (TPSA) is 46.2 Å². The largest absolute Gasteiger partial charge is 0.279 e. The molecular weight excluding hydrogens is 445 g/mol. The summed E-state index contributed by atoms with van der Waals surface area (Å²) in [6.45, 7) is 0. The molecule has 0 bridgehead atoms. The van der Waals surface area contributed by atoms with Crippen LogP contribution in [-0.4, -0.2) is 8.42 Å². The fourth-order valence-corrected chi connectivity index (χ4v) is 4.92. The molecule has 1 heterocycles. The molecular formula is C10H5Br2ClFNO2S2. The normalized spacial score (nSPS) is 11.6. The number of halogens is 4. The quantitative estimate of drug-likeness (QED) is 0.727. The van der Waals surface area contributed by atoms with Crippen LogP contribution in [0.5, 0.6) is 0 Å². The molecule has 0 atom stereocenters. The third-order valence-electron chi connectivity index (χ3n) is 2.06. The monoisotopic (exact) mass is 447 g/mol. The van der Waals surface area contributed by atoms with E-state index >= 15 is 0 Å². The molecule has 9 heteroatoms. The summed E-state index contributed by atoms with van der Waals surface area (Å²) in [5.41, 5.74) is 0.140. The van der Waals surface area contributed by atoms with Crippen LogP contribution < -0.4 is 4.72 Å². The zero-order valence-electron chi connectivity index (χ0n) is 8.95. The molecule has 1 aromatic heterocycles. The van der Waals surface area contributed by atoms with Gasteiger partial charge in [0.2, 0.25) is 0 Å². The number of anilines is 1. The van der Waals surface area contributed by atoms with Crippen LogP contribution in [0, 0.1) is 5.82 Å². The number of thiophene rings is 1. The maximum Gasteiger partial charge on any atom is 0.271 e. The van der Waals surface area contributed by atoms with Crippen molar-refractivity contribution >= 4 is 70.5 Å². The lowest BCUT2D eigenvalue weighted by Gasteiger charge is -2.06. The average molecular weight is 450 g/mol. The number of nitrogens with one attached hydrogen (secondary N) is 1. The maximum absolute atomic E-state index is 13.3. The van der Waals surface area contributed by atoms with Gasteiger partial charge in [-0.2, -0.15) is 0 Å². The summed E-state index contributed by atoms with van der Waals surface area (Å²) in [7, 11) is -3.77. The SMILES string of the molecule is O=S(=O)(Nc1ccc(Br)c(F)c1)c1cc(Cl)c(Br)s1. The van der Waals surface area contributed by atoms with E-state index in [2.05, 4.69) is 36.6 Å². The van der Waals surface area contributed by atoms with E-state index in [0.717, 1.165) is 17.4 Å². The van der Waals surface area contributed by atoms with Crippen molar-refractivity contribution in [2.24, 2.45) is 0 Å². The van der Waals surface area contributed by atoms with Crippen LogP contribution >= 0.6 is 54.8 Å². The summed E-state index contributed by atoms with van der Waals surface area (Å²) in [4.78, 5) is 0. The Hall–Kier alpha value is -0.150. The van der Waals surface area contributed by atoms with Gasteiger partial charge in [0.25, 0.3) is 10.0 Å². The van der Waals surface area contributed by atoms with Crippen LogP contribution in [0.4, 0.5) is 10.1 Å². The van der Waals surface area contributed by atoms with Gasteiger partial charge >= 0.3 is 0 Å². The van der Waals surface area contributed by atoms with Gasteiger partial charge in [0.1, 0.15) is 10.0 Å².